The van der Waals surface area contributed by atoms with E-state index in [-0.39, 0.29) is 5.91 Å². The Bertz CT molecular complexity index is 753. The minimum absolute atomic E-state index is 0.0258. The molecule has 0 bridgehead atoms. The van der Waals surface area contributed by atoms with Crippen molar-refractivity contribution in [1.29, 1.82) is 0 Å². The molecule has 0 spiro atoms. The van der Waals surface area contributed by atoms with Gasteiger partial charge in [0.05, 0.1) is 0 Å². The van der Waals surface area contributed by atoms with E-state index in [1.165, 1.54) is 0 Å². The van der Waals surface area contributed by atoms with Crippen molar-refractivity contribution in [3.05, 3.63) is 47.3 Å². The Hall–Kier alpha value is -2.47. The van der Waals surface area contributed by atoms with Gasteiger partial charge in [-0.3, -0.25) is 4.79 Å². The summed E-state index contributed by atoms with van der Waals surface area (Å²) in [5.41, 5.74) is 3.67. The summed E-state index contributed by atoms with van der Waals surface area (Å²) in [5, 5.41) is 3.23. The topological polar surface area (TPSA) is 61.4 Å². The second-order valence-corrected chi connectivity index (χ2v) is 6.44. The molecule has 6 nitrogen and oxygen atoms in total. The molecule has 3 rings (SSSR count). The van der Waals surface area contributed by atoms with Crippen molar-refractivity contribution in [2.24, 2.45) is 0 Å². The molecule has 2 aromatic rings. The number of hydrogen-bond acceptors (Lipinski definition) is 5. The highest BCUT2D eigenvalue weighted by atomic mass is 16.2. The number of carbonyl (C=O) groups is 1. The molecule has 0 radical (unpaired) electrons. The summed E-state index contributed by atoms with van der Waals surface area (Å²) >= 11 is 0. The maximum atomic E-state index is 12.7. The summed E-state index contributed by atoms with van der Waals surface area (Å²) in [4.78, 5) is 25.6. The van der Waals surface area contributed by atoms with Crippen LogP contribution in [0.5, 0.6) is 0 Å². The molecular weight excluding hydrogens is 314 g/mol. The van der Waals surface area contributed by atoms with Crippen LogP contribution in [-0.2, 0) is 0 Å². The van der Waals surface area contributed by atoms with Gasteiger partial charge in [0, 0.05) is 38.1 Å². The fourth-order valence-electron chi connectivity index (χ4n) is 2.96. The zero-order valence-electron chi connectivity index (χ0n) is 15.1. The summed E-state index contributed by atoms with van der Waals surface area (Å²) in [6, 6.07) is 7.86. The van der Waals surface area contributed by atoms with Crippen molar-refractivity contribution in [2.45, 2.75) is 20.8 Å². The van der Waals surface area contributed by atoms with E-state index in [9.17, 15) is 4.79 Å². The highest BCUT2D eigenvalue weighted by Crippen LogP contribution is 2.20. The molecule has 0 atom stereocenters. The van der Waals surface area contributed by atoms with Gasteiger partial charge in [0.25, 0.3) is 5.91 Å². The van der Waals surface area contributed by atoms with Crippen molar-refractivity contribution >= 4 is 17.5 Å². The molecule has 0 saturated carbocycles. The molecule has 1 fully saturated rings. The molecule has 0 aliphatic carbocycles. The molecule has 1 aromatic carbocycles. The lowest BCUT2D eigenvalue weighted by Gasteiger charge is -2.33. The van der Waals surface area contributed by atoms with Crippen LogP contribution in [0.25, 0.3) is 0 Å². The van der Waals surface area contributed by atoms with Crippen molar-refractivity contribution in [3.8, 4) is 0 Å². The smallest absolute Gasteiger partial charge is 0.272 e. The van der Waals surface area contributed by atoms with E-state index in [1.807, 2.05) is 18.7 Å². The van der Waals surface area contributed by atoms with Crippen LogP contribution in [0.1, 0.15) is 28.5 Å². The molecule has 25 heavy (non-hydrogen) atoms. The highest BCUT2D eigenvalue weighted by molar-refractivity contribution is 5.92. The Kier molecular flexibility index (Phi) is 5.28. The maximum absolute atomic E-state index is 12.7. The van der Waals surface area contributed by atoms with Gasteiger partial charge in [-0.1, -0.05) is 19.1 Å². The van der Waals surface area contributed by atoms with Crippen LogP contribution in [0.2, 0.25) is 0 Å². The number of benzene rings is 1. The van der Waals surface area contributed by atoms with E-state index in [0.29, 0.717) is 11.6 Å². The monoisotopic (exact) mass is 339 g/mol. The first-order valence-electron chi connectivity index (χ1n) is 8.76. The lowest BCUT2D eigenvalue weighted by molar-refractivity contribution is 0.0637. The van der Waals surface area contributed by atoms with E-state index in [1.54, 1.807) is 12.3 Å². The largest absolute Gasteiger partial charge is 0.335 e. The first-order valence-corrected chi connectivity index (χ1v) is 8.76. The van der Waals surface area contributed by atoms with Crippen molar-refractivity contribution in [3.63, 3.8) is 0 Å². The Balaban J connectivity index is 1.73. The summed E-state index contributed by atoms with van der Waals surface area (Å²) in [6.07, 6.45) is 1.63. The molecule has 1 aromatic heterocycles. The fraction of sp³-hybridized carbons (Fsp3) is 0.421. The van der Waals surface area contributed by atoms with E-state index < -0.39 is 0 Å². The summed E-state index contributed by atoms with van der Waals surface area (Å²) < 4.78 is 0. The van der Waals surface area contributed by atoms with Crippen LogP contribution in [0.4, 0.5) is 11.6 Å². The first kappa shape index (κ1) is 17.4. The summed E-state index contributed by atoms with van der Waals surface area (Å²) in [7, 11) is 0. The molecule has 1 aliphatic rings. The van der Waals surface area contributed by atoms with Crippen LogP contribution in [0, 0.1) is 13.8 Å². The SMILES string of the molecule is CCN1CCN(C(=O)c2ccnc(Nc3cc(C)ccc3C)n2)CC1. The van der Waals surface area contributed by atoms with Crippen molar-refractivity contribution < 1.29 is 4.79 Å². The molecule has 6 heteroatoms. The molecule has 1 amide bonds. The summed E-state index contributed by atoms with van der Waals surface area (Å²) in [6.45, 7) is 10.6. The maximum Gasteiger partial charge on any atom is 0.272 e. The number of likely N-dealkylation sites (N-methyl/N-ethyl adjacent to an activating group) is 1. The number of nitrogens with zero attached hydrogens (tertiary/aromatic N) is 4. The van der Waals surface area contributed by atoms with Gasteiger partial charge < -0.3 is 15.1 Å². The standard InChI is InChI=1S/C19H25N5O/c1-4-23-9-11-24(12-10-23)18(25)16-7-8-20-19(21-16)22-17-13-14(2)5-6-15(17)3/h5-8,13H,4,9-12H2,1-3H3,(H,20,21,22). The van der Waals surface area contributed by atoms with E-state index in [0.717, 1.165) is 49.5 Å². The zero-order chi connectivity index (χ0) is 17.8. The van der Waals surface area contributed by atoms with Gasteiger partial charge >= 0.3 is 0 Å². The minimum Gasteiger partial charge on any atom is -0.335 e. The predicted molar refractivity (Wildman–Crippen MR) is 99.2 cm³/mol. The third kappa shape index (κ3) is 4.14. The van der Waals surface area contributed by atoms with Crippen LogP contribution in [0.3, 0.4) is 0 Å². The Labute approximate surface area is 148 Å². The van der Waals surface area contributed by atoms with E-state index >= 15 is 0 Å². The number of hydrogen-bond donors (Lipinski definition) is 1. The predicted octanol–water partition coefficient (Wildman–Crippen LogP) is 2.61. The molecule has 1 N–H and O–H groups in total. The Morgan fingerprint density at radius 2 is 1.92 bits per heavy atom. The highest BCUT2D eigenvalue weighted by Gasteiger charge is 2.22. The van der Waals surface area contributed by atoms with Gasteiger partial charge in [-0.05, 0) is 43.7 Å². The molecule has 0 unspecified atom stereocenters. The number of aromatic nitrogens is 2. The fourth-order valence-corrected chi connectivity index (χ4v) is 2.96. The number of nitrogens with one attached hydrogen (secondary N) is 1. The average molecular weight is 339 g/mol. The number of aryl methyl sites for hydroxylation is 2. The molecule has 132 valence electrons. The molecule has 1 saturated heterocycles. The molecular formula is C19H25N5O. The van der Waals surface area contributed by atoms with E-state index in [2.05, 4.69) is 45.3 Å². The Morgan fingerprint density at radius 1 is 1.16 bits per heavy atom. The normalized spacial score (nSPS) is 15.2. The van der Waals surface area contributed by atoms with Gasteiger partial charge in [-0.25, -0.2) is 9.97 Å². The van der Waals surface area contributed by atoms with Crippen LogP contribution in [-0.4, -0.2) is 58.4 Å². The quantitative estimate of drug-likeness (QED) is 0.928. The third-order valence-electron chi connectivity index (χ3n) is 4.62. The number of piperazine rings is 1. The lowest BCUT2D eigenvalue weighted by atomic mass is 10.1. The second-order valence-electron chi connectivity index (χ2n) is 6.44. The third-order valence-corrected chi connectivity index (χ3v) is 4.62. The number of amides is 1. The number of anilines is 2. The van der Waals surface area contributed by atoms with Gasteiger partial charge in [-0.15, -0.1) is 0 Å². The molecule has 1 aliphatic heterocycles. The van der Waals surface area contributed by atoms with Gasteiger partial charge in [0.1, 0.15) is 5.69 Å². The molecule has 2 heterocycles. The lowest BCUT2D eigenvalue weighted by Crippen LogP contribution is -2.48. The average Bonchev–Trinajstić information content (AvgIpc) is 2.64. The van der Waals surface area contributed by atoms with Crippen molar-refractivity contribution in [1.82, 2.24) is 19.8 Å². The van der Waals surface area contributed by atoms with Crippen LogP contribution >= 0.6 is 0 Å². The van der Waals surface area contributed by atoms with Gasteiger partial charge in [0.15, 0.2) is 0 Å². The van der Waals surface area contributed by atoms with Crippen LogP contribution < -0.4 is 5.32 Å². The minimum atomic E-state index is -0.0258. The Morgan fingerprint density at radius 3 is 2.64 bits per heavy atom. The second kappa shape index (κ2) is 7.61. The zero-order valence-corrected chi connectivity index (χ0v) is 15.1. The van der Waals surface area contributed by atoms with Gasteiger partial charge in [-0.2, -0.15) is 0 Å². The van der Waals surface area contributed by atoms with E-state index in [4.69, 9.17) is 0 Å². The van der Waals surface area contributed by atoms with Gasteiger partial charge in [0.2, 0.25) is 5.95 Å². The summed E-state index contributed by atoms with van der Waals surface area (Å²) in [5.74, 6) is 0.425. The van der Waals surface area contributed by atoms with Crippen molar-refractivity contribution in [2.75, 3.05) is 38.0 Å². The van der Waals surface area contributed by atoms with Crippen LogP contribution in [0.15, 0.2) is 30.5 Å². The first-order chi connectivity index (χ1) is 12.1. The number of rotatable bonds is 4. The number of carbonyl (C=O) groups excluding carboxylic acids is 1.